The van der Waals surface area contributed by atoms with Crippen molar-refractivity contribution in [3.63, 3.8) is 0 Å². The van der Waals surface area contributed by atoms with Gasteiger partial charge in [0.05, 0.1) is 5.75 Å². The number of nitrogens with one attached hydrogen (secondary N) is 2. The molecule has 0 saturated carbocycles. The van der Waals surface area contributed by atoms with Crippen LogP contribution in [0.5, 0.6) is 0 Å². The summed E-state index contributed by atoms with van der Waals surface area (Å²) in [6, 6.07) is 6.71. The minimum Gasteiger partial charge on any atom is -0.326 e. The molecule has 2 rings (SSSR count). The number of carbonyl (C=O) groups excluding carboxylic acids is 1. The fraction of sp³-hybridized carbons (Fsp3) is 0.500. The van der Waals surface area contributed by atoms with Gasteiger partial charge in [0.1, 0.15) is 0 Å². The van der Waals surface area contributed by atoms with Crippen LogP contribution in [0.1, 0.15) is 25.3 Å². The lowest BCUT2D eigenvalue weighted by Gasteiger charge is -2.32. The number of nitrogens with two attached hydrogens (primary N) is 1. The summed E-state index contributed by atoms with van der Waals surface area (Å²) in [5, 5.41) is 11.1. The lowest BCUT2D eigenvalue weighted by Crippen LogP contribution is -2.42. The predicted molar refractivity (Wildman–Crippen MR) is 82.1 cm³/mol. The average molecular weight is 311 g/mol. The summed E-state index contributed by atoms with van der Waals surface area (Å²) in [5.74, 6) is -0.201. The van der Waals surface area contributed by atoms with Crippen molar-refractivity contribution in [1.82, 2.24) is 5.32 Å². The predicted octanol–water partition coefficient (Wildman–Crippen LogP) is 0.803. The van der Waals surface area contributed by atoms with Crippen molar-refractivity contribution >= 4 is 21.6 Å². The number of hydrogen-bond acceptors (Lipinski definition) is 4. The van der Waals surface area contributed by atoms with Crippen LogP contribution >= 0.6 is 0 Å². The monoisotopic (exact) mass is 311 g/mol. The van der Waals surface area contributed by atoms with E-state index in [2.05, 4.69) is 10.6 Å². The summed E-state index contributed by atoms with van der Waals surface area (Å²) in [4.78, 5) is 12.3. The van der Waals surface area contributed by atoms with Crippen molar-refractivity contribution in [2.75, 3.05) is 18.4 Å². The lowest BCUT2D eigenvalue weighted by atomic mass is 9.80. The largest absolute Gasteiger partial charge is 0.326 e. The number of anilines is 1. The van der Waals surface area contributed by atoms with Crippen LogP contribution in [-0.2, 0) is 20.6 Å². The third-order valence-electron chi connectivity index (χ3n) is 3.83. The number of amides is 1. The van der Waals surface area contributed by atoms with Crippen LogP contribution in [0.15, 0.2) is 24.3 Å². The second kappa shape index (κ2) is 6.13. The molecule has 21 heavy (non-hydrogen) atoms. The van der Waals surface area contributed by atoms with Gasteiger partial charge in [-0.3, -0.25) is 4.79 Å². The SMILES string of the molecule is CC1(C(=O)Nc2ccc(CS(N)(=O)=O)cc2)CCNCC1. The van der Waals surface area contributed by atoms with Gasteiger partial charge in [0.25, 0.3) is 0 Å². The van der Waals surface area contributed by atoms with Crippen molar-refractivity contribution in [3.05, 3.63) is 29.8 Å². The van der Waals surface area contributed by atoms with E-state index in [4.69, 9.17) is 5.14 Å². The minimum absolute atomic E-state index is 0.00296. The van der Waals surface area contributed by atoms with Crippen molar-refractivity contribution in [3.8, 4) is 0 Å². The number of benzene rings is 1. The van der Waals surface area contributed by atoms with Gasteiger partial charge in [0.15, 0.2) is 0 Å². The molecule has 1 heterocycles. The number of sulfonamides is 1. The van der Waals surface area contributed by atoms with Gasteiger partial charge in [0, 0.05) is 11.1 Å². The molecule has 0 radical (unpaired) electrons. The Kier molecular flexibility index (Phi) is 4.65. The fourth-order valence-corrected chi connectivity index (χ4v) is 3.06. The molecule has 1 aliphatic heterocycles. The lowest BCUT2D eigenvalue weighted by molar-refractivity contribution is -0.126. The van der Waals surface area contributed by atoms with E-state index in [0.29, 0.717) is 11.3 Å². The summed E-state index contributed by atoms with van der Waals surface area (Å²) < 4.78 is 22.0. The molecule has 1 aliphatic rings. The highest BCUT2D eigenvalue weighted by molar-refractivity contribution is 7.88. The Labute approximate surface area is 125 Å². The van der Waals surface area contributed by atoms with E-state index in [1.165, 1.54) is 0 Å². The Morgan fingerprint density at radius 3 is 2.38 bits per heavy atom. The normalized spacial score (nSPS) is 18.2. The molecule has 0 spiro atoms. The maximum atomic E-state index is 12.3. The van der Waals surface area contributed by atoms with E-state index in [1.807, 2.05) is 6.92 Å². The molecule has 1 aromatic carbocycles. The zero-order valence-electron chi connectivity index (χ0n) is 12.1. The molecule has 6 nitrogen and oxygen atoms in total. The quantitative estimate of drug-likeness (QED) is 0.765. The molecule has 1 saturated heterocycles. The third kappa shape index (κ3) is 4.52. The van der Waals surface area contributed by atoms with E-state index in [1.54, 1.807) is 24.3 Å². The Morgan fingerprint density at radius 1 is 1.29 bits per heavy atom. The number of hydrogen-bond donors (Lipinski definition) is 3. The second-order valence-corrected chi connectivity index (χ2v) is 7.38. The van der Waals surface area contributed by atoms with E-state index in [0.717, 1.165) is 25.9 Å². The number of rotatable bonds is 4. The van der Waals surface area contributed by atoms with Crippen molar-refractivity contribution < 1.29 is 13.2 Å². The van der Waals surface area contributed by atoms with Crippen LogP contribution in [0.4, 0.5) is 5.69 Å². The first-order valence-corrected chi connectivity index (χ1v) is 8.62. The maximum absolute atomic E-state index is 12.3. The molecule has 0 atom stereocenters. The highest BCUT2D eigenvalue weighted by atomic mass is 32.2. The summed E-state index contributed by atoms with van der Waals surface area (Å²) in [5.41, 5.74) is 0.909. The molecule has 7 heteroatoms. The Morgan fingerprint density at radius 2 is 1.86 bits per heavy atom. The van der Waals surface area contributed by atoms with Gasteiger partial charge in [0.2, 0.25) is 15.9 Å². The molecular formula is C14H21N3O3S. The highest BCUT2D eigenvalue weighted by Gasteiger charge is 2.34. The van der Waals surface area contributed by atoms with Gasteiger partial charge >= 0.3 is 0 Å². The molecule has 0 aromatic heterocycles. The van der Waals surface area contributed by atoms with Crippen LogP contribution < -0.4 is 15.8 Å². The third-order valence-corrected chi connectivity index (χ3v) is 4.57. The molecule has 4 N–H and O–H groups in total. The van der Waals surface area contributed by atoms with Crippen molar-refractivity contribution in [1.29, 1.82) is 0 Å². The Balaban J connectivity index is 2.01. The maximum Gasteiger partial charge on any atom is 0.230 e. The highest BCUT2D eigenvalue weighted by Crippen LogP contribution is 2.29. The van der Waals surface area contributed by atoms with Crippen molar-refractivity contribution in [2.45, 2.75) is 25.5 Å². The average Bonchev–Trinajstić information content (AvgIpc) is 2.40. The molecule has 0 unspecified atom stereocenters. The molecule has 0 aliphatic carbocycles. The molecular weight excluding hydrogens is 290 g/mol. The first-order chi connectivity index (χ1) is 9.78. The first-order valence-electron chi connectivity index (χ1n) is 6.90. The van der Waals surface area contributed by atoms with Gasteiger partial charge in [-0.25, -0.2) is 13.6 Å². The molecule has 1 fully saturated rings. The van der Waals surface area contributed by atoms with E-state index in [-0.39, 0.29) is 17.1 Å². The molecule has 1 aromatic rings. The van der Waals surface area contributed by atoms with Gasteiger partial charge in [-0.05, 0) is 43.6 Å². The zero-order chi connectivity index (χ0) is 15.5. The minimum atomic E-state index is -3.53. The topological polar surface area (TPSA) is 101 Å². The van der Waals surface area contributed by atoms with Gasteiger partial charge in [-0.15, -0.1) is 0 Å². The molecule has 0 bridgehead atoms. The zero-order valence-corrected chi connectivity index (χ0v) is 12.9. The van der Waals surface area contributed by atoms with Gasteiger partial charge < -0.3 is 10.6 Å². The number of piperidine rings is 1. The van der Waals surface area contributed by atoms with E-state index in [9.17, 15) is 13.2 Å². The smallest absolute Gasteiger partial charge is 0.230 e. The van der Waals surface area contributed by atoms with Crippen LogP contribution in [0, 0.1) is 5.41 Å². The Bertz CT molecular complexity index is 605. The van der Waals surface area contributed by atoms with Crippen LogP contribution in [0.3, 0.4) is 0 Å². The number of carbonyl (C=O) groups is 1. The van der Waals surface area contributed by atoms with Crippen LogP contribution in [0.25, 0.3) is 0 Å². The number of primary sulfonamides is 1. The summed E-state index contributed by atoms with van der Waals surface area (Å²) in [6.07, 6.45) is 1.62. The van der Waals surface area contributed by atoms with Crippen LogP contribution in [-0.4, -0.2) is 27.4 Å². The summed E-state index contributed by atoms with van der Waals surface area (Å²) in [6.45, 7) is 3.66. The van der Waals surface area contributed by atoms with Gasteiger partial charge in [-0.2, -0.15) is 0 Å². The standard InChI is InChI=1S/C14H21N3O3S/c1-14(6-8-16-9-7-14)13(18)17-12-4-2-11(3-5-12)10-21(15,19)20/h2-5,16H,6-10H2,1H3,(H,17,18)(H2,15,19,20). The molecule has 1 amide bonds. The van der Waals surface area contributed by atoms with Crippen molar-refractivity contribution in [2.24, 2.45) is 10.6 Å². The van der Waals surface area contributed by atoms with E-state index >= 15 is 0 Å². The summed E-state index contributed by atoms with van der Waals surface area (Å²) in [7, 11) is -3.53. The summed E-state index contributed by atoms with van der Waals surface area (Å²) >= 11 is 0. The fourth-order valence-electron chi connectivity index (χ4n) is 2.40. The van der Waals surface area contributed by atoms with E-state index < -0.39 is 10.0 Å². The van der Waals surface area contributed by atoms with Crippen LogP contribution in [0.2, 0.25) is 0 Å². The van der Waals surface area contributed by atoms with Gasteiger partial charge in [-0.1, -0.05) is 19.1 Å². The first kappa shape index (κ1) is 15.9. The second-order valence-electron chi connectivity index (χ2n) is 5.77. The molecule has 116 valence electrons. The Hall–Kier alpha value is -1.44.